The van der Waals surface area contributed by atoms with Crippen LogP contribution >= 0.6 is 11.6 Å². The fourth-order valence-corrected chi connectivity index (χ4v) is 3.66. The van der Waals surface area contributed by atoms with E-state index in [0.717, 1.165) is 28.4 Å². The van der Waals surface area contributed by atoms with Gasteiger partial charge in [-0.1, -0.05) is 23.7 Å². The Morgan fingerprint density at radius 2 is 1.72 bits per heavy atom. The molecule has 0 saturated heterocycles. The van der Waals surface area contributed by atoms with Gasteiger partial charge in [-0.25, -0.2) is 4.98 Å². The monoisotopic (exact) mass is 449 g/mol. The molecule has 7 heteroatoms. The van der Waals surface area contributed by atoms with Gasteiger partial charge in [0.25, 0.3) is 5.91 Å². The lowest BCUT2D eigenvalue weighted by molar-refractivity contribution is 0.0937. The summed E-state index contributed by atoms with van der Waals surface area (Å²) >= 11 is 5.93. The summed E-state index contributed by atoms with van der Waals surface area (Å²) in [6, 6.07) is 21.9. The van der Waals surface area contributed by atoms with Crippen LogP contribution < -0.4 is 14.8 Å². The first kappa shape index (κ1) is 21.7. The van der Waals surface area contributed by atoms with Crippen LogP contribution in [-0.4, -0.2) is 29.2 Å². The molecule has 1 atom stereocenters. The molecule has 4 rings (SSSR count). The van der Waals surface area contributed by atoms with Gasteiger partial charge < -0.3 is 19.4 Å². The number of benzene rings is 3. The predicted octanol–water partition coefficient (Wildman–Crippen LogP) is 5.27. The van der Waals surface area contributed by atoms with Crippen LogP contribution in [-0.2, 0) is 6.54 Å². The van der Waals surface area contributed by atoms with E-state index >= 15 is 0 Å². The summed E-state index contributed by atoms with van der Waals surface area (Å²) in [4.78, 5) is 17.5. The smallest absolute Gasteiger partial charge is 0.251 e. The van der Waals surface area contributed by atoms with Gasteiger partial charge >= 0.3 is 0 Å². The van der Waals surface area contributed by atoms with E-state index in [2.05, 4.69) is 9.88 Å². The van der Waals surface area contributed by atoms with Crippen LogP contribution in [0.2, 0.25) is 5.02 Å². The highest BCUT2D eigenvalue weighted by Gasteiger charge is 2.19. The van der Waals surface area contributed by atoms with Crippen LogP contribution in [0.4, 0.5) is 0 Å². The van der Waals surface area contributed by atoms with Crippen LogP contribution in [0.25, 0.3) is 11.0 Å². The first-order valence-corrected chi connectivity index (χ1v) is 10.7. The van der Waals surface area contributed by atoms with Crippen molar-refractivity contribution < 1.29 is 14.3 Å². The Morgan fingerprint density at radius 1 is 1.03 bits per heavy atom. The zero-order chi connectivity index (χ0) is 22.5. The number of nitrogens with one attached hydrogen (secondary N) is 1. The summed E-state index contributed by atoms with van der Waals surface area (Å²) in [5.74, 6) is 2.14. The molecule has 1 unspecified atom stereocenters. The number of para-hydroxylation sites is 2. The molecule has 0 aliphatic heterocycles. The van der Waals surface area contributed by atoms with E-state index < -0.39 is 0 Å². The number of carbonyl (C=O) groups is 1. The van der Waals surface area contributed by atoms with Gasteiger partial charge in [0, 0.05) is 10.6 Å². The average molecular weight is 450 g/mol. The van der Waals surface area contributed by atoms with Gasteiger partial charge in [0.05, 0.1) is 30.7 Å². The van der Waals surface area contributed by atoms with Crippen LogP contribution in [0.1, 0.15) is 29.1 Å². The Balaban J connectivity index is 1.51. The molecule has 4 aromatic rings. The van der Waals surface area contributed by atoms with Gasteiger partial charge in [-0.05, 0) is 67.6 Å². The van der Waals surface area contributed by atoms with E-state index in [1.165, 1.54) is 0 Å². The number of ether oxygens (including phenoxy) is 2. The number of carbonyl (C=O) groups excluding carboxylic acids is 1. The topological polar surface area (TPSA) is 65.4 Å². The fraction of sp³-hybridized carbons (Fsp3) is 0.200. The summed E-state index contributed by atoms with van der Waals surface area (Å²) in [6.45, 7) is 2.97. The van der Waals surface area contributed by atoms with Crippen molar-refractivity contribution in [1.82, 2.24) is 14.9 Å². The highest BCUT2D eigenvalue weighted by atomic mass is 35.5. The summed E-state index contributed by atoms with van der Waals surface area (Å²) in [5, 5.41) is 3.62. The summed E-state index contributed by atoms with van der Waals surface area (Å²) in [5.41, 5.74) is 2.42. The molecule has 1 heterocycles. The highest BCUT2D eigenvalue weighted by Crippen LogP contribution is 2.22. The van der Waals surface area contributed by atoms with E-state index in [1.54, 1.807) is 31.4 Å². The number of halogens is 1. The molecule has 0 aliphatic carbocycles. The molecule has 0 saturated carbocycles. The number of imidazole rings is 1. The SMILES string of the molecule is COc1ccc(OCCn2c(C(C)NC(=O)c3ccc(Cl)cc3)nc3ccccc32)cc1. The second-order valence-corrected chi connectivity index (χ2v) is 7.77. The van der Waals surface area contributed by atoms with Crippen molar-refractivity contribution in [3.8, 4) is 11.5 Å². The summed E-state index contributed by atoms with van der Waals surface area (Å²) in [7, 11) is 1.63. The number of hydrogen-bond acceptors (Lipinski definition) is 4. The lowest BCUT2D eigenvalue weighted by Crippen LogP contribution is -2.29. The molecule has 3 aromatic carbocycles. The maximum Gasteiger partial charge on any atom is 0.251 e. The number of fused-ring (bicyclic) bond motifs is 1. The number of aromatic nitrogens is 2. The molecule has 1 aromatic heterocycles. The number of methoxy groups -OCH3 is 1. The maximum atomic E-state index is 12.7. The number of amides is 1. The second-order valence-electron chi connectivity index (χ2n) is 7.34. The van der Waals surface area contributed by atoms with Crippen LogP contribution in [0, 0.1) is 0 Å². The standard InChI is InChI=1S/C25H24ClN3O3/c1-17(27-25(30)18-7-9-19(26)10-8-18)24-28-22-5-3-4-6-23(22)29(24)15-16-32-21-13-11-20(31-2)12-14-21/h3-14,17H,15-16H2,1-2H3,(H,27,30). The summed E-state index contributed by atoms with van der Waals surface area (Å²) < 4.78 is 13.2. The van der Waals surface area contributed by atoms with E-state index in [0.29, 0.717) is 23.7 Å². The molecule has 6 nitrogen and oxygen atoms in total. The molecule has 0 fully saturated rings. The second kappa shape index (κ2) is 9.75. The van der Waals surface area contributed by atoms with Crippen molar-refractivity contribution in [1.29, 1.82) is 0 Å². The Hall–Kier alpha value is -3.51. The van der Waals surface area contributed by atoms with Gasteiger partial charge in [-0.15, -0.1) is 0 Å². The molecule has 1 N–H and O–H groups in total. The fourth-order valence-electron chi connectivity index (χ4n) is 3.53. The van der Waals surface area contributed by atoms with Crippen molar-refractivity contribution in [3.05, 3.63) is 89.2 Å². The minimum absolute atomic E-state index is 0.178. The van der Waals surface area contributed by atoms with E-state index in [4.69, 9.17) is 26.1 Å². The first-order valence-electron chi connectivity index (χ1n) is 10.3. The van der Waals surface area contributed by atoms with Crippen LogP contribution in [0.15, 0.2) is 72.8 Å². The third-order valence-electron chi connectivity index (χ3n) is 5.17. The van der Waals surface area contributed by atoms with E-state index in [-0.39, 0.29) is 11.9 Å². The Bertz CT molecular complexity index is 1200. The Kier molecular flexibility index (Phi) is 6.61. The largest absolute Gasteiger partial charge is 0.497 e. The minimum atomic E-state index is -0.299. The van der Waals surface area contributed by atoms with Gasteiger partial charge in [0.1, 0.15) is 23.9 Å². The summed E-state index contributed by atoms with van der Waals surface area (Å²) in [6.07, 6.45) is 0. The van der Waals surface area contributed by atoms with Crippen molar-refractivity contribution in [2.45, 2.75) is 19.5 Å². The normalized spacial score (nSPS) is 11.8. The molecular weight excluding hydrogens is 426 g/mol. The molecule has 0 aliphatic rings. The van der Waals surface area contributed by atoms with Crippen molar-refractivity contribution in [2.24, 2.45) is 0 Å². The third kappa shape index (κ3) is 4.86. The molecule has 1 amide bonds. The van der Waals surface area contributed by atoms with Crippen molar-refractivity contribution in [2.75, 3.05) is 13.7 Å². The highest BCUT2D eigenvalue weighted by molar-refractivity contribution is 6.30. The third-order valence-corrected chi connectivity index (χ3v) is 5.42. The molecular formula is C25H24ClN3O3. The molecule has 0 bridgehead atoms. The lowest BCUT2D eigenvalue weighted by Gasteiger charge is -2.17. The van der Waals surface area contributed by atoms with Crippen LogP contribution in [0.3, 0.4) is 0 Å². The zero-order valence-corrected chi connectivity index (χ0v) is 18.7. The molecule has 32 heavy (non-hydrogen) atoms. The number of rotatable bonds is 8. The molecule has 164 valence electrons. The van der Waals surface area contributed by atoms with Crippen LogP contribution in [0.5, 0.6) is 11.5 Å². The number of nitrogens with zero attached hydrogens (tertiary/aromatic N) is 2. The first-order chi connectivity index (χ1) is 15.5. The Labute approximate surface area is 191 Å². The lowest BCUT2D eigenvalue weighted by atomic mass is 10.2. The van der Waals surface area contributed by atoms with Gasteiger partial charge in [-0.3, -0.25) is 4.79 Å². The predicted molar refractivity (Wildman–Crippen MR) is 126 cm³/mol. The number of hydrogen-bond donors (Lipinski definition) is 1. The minimum Gasteiger partial charge on any atom is -0.497 e. The zero-order valence-electron chi connectivity index (χ0n) is 17.9. The van der Waals surface area contributed by atoms with E-state index in [1.807, 2.05) is 55.5 Å². The van der Waals surface area contributed by atoms with E-state index in [9.17, 15) is 4.79 Å². The molecule has 0 radical (unpaired) electrons. The average Bonchev–Trinajstić information content (AvgIpc) is 3.19. The van der Waals surface area contributed by atoms with Crippen molar-refractivity contribution >= 4 is 28.5 Å². The Morgan fingerprint density at radius 3 is 2.44 bits per heavy atom. The molecule has 0 spiro atoms. The van der Waals surface area contributed by atoms with Gasteiger partial charge in [0.2, 0.25) is 0 Å². The van der Waals surface area contributed by atoms with Gasteiger partial charge in [0.15, 0.2) is 0 Å². The quantitative estimate of drug-likeness (QED) is 0.398. The van der Waals surface area contributed by atoms with Gasteiger partial charge in [-0.2, -0.15) is 0 Å². The van der Waals surface area contributed by atoms with Crippen molar-refractivity contribution in [3.63, 3.8) is 0 Å². The maximum absolute atomic E-state index is 12.7.